The third-order valence-corrected chi connectivity index (χ3v) is 3.99. The first-order chi connectivity index (χ1) is 11.5. The molecule has 24 heavy (non-hydrogen) atoms. The van der Waals surface area contributed by atoms with Crippen molar-refractivity contribution in [1.29, 1.82) is 0 Å². The Balaban J connectivity index is 1.96. The van der Waals surface area contributed by atoms with Crippen molar-refractivity contribution in [3.8, 4) is 0 Å². The van der Waals surface area contributed by atoms with Gasteiger partial charge >= 0.3 is 6.03 Å². The zero-order valence-electron chi connectivity index (χ0n) is 14.9. The number of pyridine rings is 1. The number of hydrogen-bond donors (Lipinski definition) is 2. The van der Waals surface area contributed by atoms with Crippen LogP contribution < -0.4 is 15.5 Å². The molecule has 2 amide bonds. The van der Waals surface area contributed by atoms with Gasteiger partial charge in [-0.15, -0.1) is 0 Å². The topological polar surface area (TPSA) is 57.3 Å². The van der Waals surface area contributed by atoms with E-state index in [9.17, 15) is 4.79 Å². The molecule has 1 aromatic heterocycles. The molecule has 1 heterocycles. The van der Waals surface area contributed by atoms with E-state index in [-0.39, 0.29) is 6.03 Å². The molecule has 2 rings (SSSR count). The molecule has 5 heteroatoms. The maximum atomic E-state index is 12.1. The lowest BCUT2D eigenvalue weighted by Crippen LogP contribution is -2.29. The van der Waals surface area contributed by atoms with Gasteiger partial charge in [0.05, 0.1) is 0 Å². The fourth-order valence-corrected chi connectivity index (χ4v) is 2.51. The van der Waals surface area contributed by atoms with Crippen molar-refractivity contribution < 1.29 is 4.79 Å². The Labute approximate surface area is 144 Å². The Bertz CT molecular complexity index is 696. The summed E-state index contributed by atoms with van der Waals surface area (Å²) in [6, 6.07) is 9.75. The molecule has 128 valence electrons. The molecule has 0 fully saturated rings. The lowest BCUT2D eigenvalue weighted by atomic mass is 10.1. The molecular weight excluding hydrogens is 300 g/mol. The van der Waals surface area contributed by atoms with E-state index in [1.54, 1.807) is 6.20 Å². The normalized spacial score (nSPS) is 10.3. The molecule has 5 nitrogen and oxygen atoms in total. The van der Waals surface area contributed by atoms with Crippen molar-refractivity contribution in [2.75, 3.05) is 23.3 Å². The minimum atomic E-state index is -0.204. The van der Waals surface area contributed by atoms with Crippen LogP contribution in [0.4, 0.5) is 16.3 Å². The predicted octanol–water partition coefficient (Wildman–Crippen LogP) is 3.87. The van der Waals surface area contributed by atoms with Gasteiger partial charge < -0.3 is 15.5 Å². The van der Waals surface area contributed by atoms with Crippen molar-refractivity contribution in [2.45, 2.75) is 34.2 Å². The van der Waals surface area contributed by atoms with E-state index in [0.29, 0.717) is 6.54 Å². The molecule has 0 bridgehead atoms. The molecule has 1 aromatic carbocycles. The van der Waals surface area contributed by atoms with Gasteiger partial charge in [-0.3, -0.25) is 0 Å². The quantitative estimate of drug-likeness (QED) is 0.847. The largest absolute Gasteiger partial charge is 0.357 e. The lowest BCUT2D eigenvalue weighted by molar-refractivity contribution is 0.251. The number of nitrogens with zero attached hydrogens (tertiary/aromatic N) is 2. The number of benzene rings is 1. The second-order valence-corrected chi connectivity index (χ2v) is 5.82. The van der Waals surface area contributed by atoms with Crippen LogP contribution in [0, 0.1) is 13.8 Å². The van der Waals surface area contributed by atoms with Crippen LogP contribution in [0.25, 0.3) is 0 Å². The highest BCUT2D eigenvalue weighted by molar-refractivity contribution is 5.90. The highest BCUT2D eigenvalue weighted by atomic mass is 16.2. The molecule has 0 saturated heterocycles. The van der Waals surface area contributed by atoms with Crippen molar-refractivity contribution in [3.05, 3.63) is 53.2 Å². The first-order valence-electron chi connectivity index (χ1n) is 8.35. The summed E-state index contributed by atoms with van der Waals surface area (Å²) in [5.74, 6) is 0.939. The molecule has 0 radical (unpaired) electrons. The van der Waals surface area contributed by atoms with Crippen LogP contribution in [0.2, 0.25) is 0 Å². The third-order valence-electron chi connectivity index (χ3n) is 3.99. The van der Waals surface area contributed by atoms with E-state index in [1.165, 1.54) is 0 Å². The van der Waals surface area contributed by atoms with Gasteiger partial charge in [0.25, 0.3) is 0 Å². The molecule has 2 N–H and O–H groups in total. The minimum Gasteiger partial charge on any atom is -0.357 e. The van der Waals surface area contributed by atoms with Crippen LogP contribution in [0.5, 0.6) is 0 Å². The zero-order chi connectivity index (χ0) is 17.5. The average Bonchev–Trinajstić information content (AvgIpc) is 2.58. The molecule has 0 spiro atoms. The number of aromatic nitrogens is 1. The average molecular weight is 326 g/mol. The summed E-state index contributed by atoms with van der Waals surface area (Å²) in [7, 11) is 0. The van der Waals surface area contributed by atoms with E-state index in [2.05, 4.69) is 34.4 Å². The second-order valence-electron chi connectivity index (χ2n) is 5.82. The monoisotopic (exact) mass is 326 g/mol. The molecule has 0 aliphatic rings. The lowest BCUT2D eigenvalue weighted by Gasteiger charge is -2.20. The Morgan fingerprint density at radius 3 is 2.58 bits per heavy atom. The van der Waals surface area contributed by atoms with Crippen molar-refractivity contribution >= 4 is 17.5 Å². The summed E-state index contributed by atoms with van der Waals surface area (Å²) in [5.41, 5.74) is 4.03. The number of aryl methyl sites for hydroxylation is 2. The fourth-order valence-electron chi connectivity index (χ4n) is 2.51. The van der Waals surface area contributed by atoms with E-state index >= 15 is 0 Å². The van der Waals surface area contributed by atoms with Crippen LogP contribution in [-0.2, 0) is 6.54 Å². The van der Waals surface area contributed by atoms with Crippen LogP contribution >= 0.6 is 0 Å². The van der Waals surface area contributed by atoms with Gasteiger partial charge in [-0.25, -0.2) is 9.78 Å². The van der Waals surface area contributed by atoms with E-state index in [0.717, 1.165) is 41.3 Å². The molecule has 0 aliphatic carbocycles. The first-order valence-corrected chi connectivity index (χ1v) is 8.35. The minimum absolute atomic E-state index is 0.204. The smallest absolute Gasteiger partial charge is 0.319 e. The maximum Gasteiger partial charge on any atom is 0.319 e. The summed E-state index contributed by atoms with van der Waals surface area (Å²) >= 11 is 0. The number of carbonyl (C=O) groups is 1. The summed E-state index contributed by atoms with van der Waals surface area (Å²) in [6.45, 7) is 10.5. The van der Waals surface area contributed by atoms with Crippen molar-refractivity contribution in [2.24, 2.45) is 0 Å². The van der Waals surface area contributed by atoms with Gasteiger partial charge in [0, 0.05) is 31.5 Å². The van der Waals surface area contributed by atoms with Gasteiger partial charge in [-0.2, -0.15) is 0 Å². The molecule has 0 unspecified atom stereocenters. The Morgan fingerprint density at radius 2 is 1.88 bits per heavy atom. The Kier molecular flexibility index (Phi) is 6.18. The van der Waals surface area contributed by atoms with Crippen LogP contribution in [0.3, 0.4) is 0 Å². The second kappa shape index (κ2) is 8.34. The fraction of sp³-hybridized carbons (Fsp3) is 0.368. The standard InChI is InChI=1S/C19H26N4O/c1-5-23(6-2)18-12-16(9-10-20-18)13-21-19(24)22-17-11-14(3)7-8-15(17)4/h7-12H,5-6,13H2,1-4H3,(H2,21,22,24). The summed E-state index contributed by atoms with van der Waals surface area (Å²) in [4.78, 5) is 18.7. The summed E-state index contributed by atoms with van der Waals surface area (Å²) in [5, 5.41) is 5.80. The molecule has 0 aliphatic heterocycles. The number of nitrogens with one attached hydrogen (secondary N) is 2. The number of amides is 2. The van der Waals surface area contributed by atoms with Gasteiger partial charge in [0.2, 0.25) is 0 Å². The Hall–Kier alpha value is -2.56. The third kappa shape index (κ3) is 4.72. The van der Waals surface area contributed by atoms with Gasteiger partial charge in [-0.05, 0) is 62.6 Å². The van der Waals surface area contributed by atoms with E-state index in [4.69, 9.17) is 0 Å². The summed E-state index contributed by atoms with van der Waals surface area (Å²) in [6.07, 6.45) is 1.78. The van der Waals surface area contributed by atoms with Gasteiger partial charge in [0.1, 0.15) is 5.82 Å². The number of anilines is 2. The van der Waals surface area contributed by atoms with Crippen molar-refractivity contribution in [3.63, 3.8) is 0 Å². The highest BCUT2D eigenvalue weighted by Crippen LogP contribution is 2.16. The zero-order valence-corrected chi connectivity index (χ0v) is 14.9. The van der Waals surface area contributed by atoms with Crippen LogP contribution in [0.15, 0.2) is 36.5 Å². The van der Waals surface area contributed by atoms with Gasteiger partial charge in [-0.1, -0.05) is 12.1 Å². The molecule has 0 saturated carbocycles. The number of rotatable bonds is 6. The molecule has 0 atom stereocenters. The molecular formula is C19H26N4O. The summed E-state index contributed by atoms with van der Waals surface area (Å²) < 4.78 is 0. The van der Waals surface area contributed by atoms with Crippen LogP contribution in [0.1, 0.15) is 30.5 Å². The highest BCUT2D eigenvalue weighted by Gasteiger charge is 2.07. The number of carbonyl (C=O) groups excluding carboxylic acids is 1. The van der Waals surface area contributed by atoms with Crippen molar-refractivity contribution in [1.82, 2.24) is 10.3 Å². The number of hydrogen-bond acceptors (Lipinski definition) is 3. The predicted molar refractivity (Wildman–Crippen MR) is 99.6 cm³/mol. The molecule has 2 aromatic rings. The van der Waals surface area contributed by atoms with E-state index in [1.807, 2.05) is 44.2 Å². The first kappa shape index (κ1) is 17.8. The van der Waals surface area contributed by atoms with Crippen LogP contribution in [-0.4, -0.2) is 24.1 Å². The SMILES string of the molecule is CCN(CC)c1cc(CNC(=O)Nc2cc(C)ccc2C)ccn1. The van der Waals surface area contributed by atoms with E-state index < -0.39 is 0 Å². The van der Waals surface area contributed by atoms with Gasteiger partial charge in [0.15, 0.2) is 0 Å². The Morgan fingerprint density at radius 1 is 1.12 bits per heavy atom. The maximum absolute atomic E-state index is 12.1. The number of urea groups is 1.